The van der Waals surface area contributed by atoms with Gasteiger partial charge in [0, 0.05) is 28.3 Å². The summed E-state index contributed by atoms with van der Waals surface area (Å²) in [5, 5.41) is 0. The lowest BCUT2D eigenvalue weighted by Gasteiger charge is -2.39. The van der Waals surface area contributed by atoms with E-state index >= 15 is 0 Å². The highest BCUT2D eigenvalue weighted by atomic mass is 79.9. The van der Waals surface area contributed by atoms with Gasteiger partial charge in [0.15, 0.2) is 6.29 Å². The van der Waals surface area contributed by atoms with Crippen molar-refractivity contribution in [1.82, 2.24) is 0 Å². The van der Waals surface area contributed by atoms with Gasteiger partial charge in [0.25, 0.3) is 0 Å². The van der Waals surface area contributed by atoms with Gasteiger partial charge in [0.1, 0.15) is 0 Å². The summed E-state index contributed by atoms with van der Waals surface area (Å²) in [6.07, 6.45) is 3.44. The molecule has 1 saturated heterocycles. The first-order chi connectivity index (χ1) is 8.13. The van der Waals surface area contributed by atoms with Crippen LogP contribution in [0.3, 0.4) is 0 Å². The number of nitrogens with zero attached hydrogens (tertiary/aromatic N) is 1. The molecule has 2 unspecified atom stereocenters. The topological polar surface area (TPSA) is 20.3 Å². The second-order valence-corrected chi connectivity index (χ2v) is 5.73. The number of benzene rings is 1. The molecule has 1 aliphatic heterocycles. The summed E-state index contributed by atoms with van der Waals surface area (Å²) in [5.41, 5.74) is 1.92. The molecule has 1 fully saturated rings. The molecule has 17 heavy (non-hydrogen) atoms. The summed E-state index contributed by atoms with van der Waals surface area (Å²) in [7, 11) is 0. The van der Waals surface area contributed by atoms with Crippen LogP contribution >= 0.6 is 15.9 Å². The molecule has 0 aliphatic carbocycles. The van der Waals surface area contributed by atoms with Crippen LogP contribution in [0.4, 0.5) is 5.69 Å². The minimum Gasteiger partial charge on any atom is -0.369 e. The van der Waals surface area contributed by atoms with Gasteiger partial charge in [0.05, 0.1) is 0 Å². The second-order valence-electron chi connectivity index (χ2n) is 4.88. The minimum absolute atomic E-state index is 0.567. The van der Waals surface area contributed by atoms with Crippen LogP contribution in [0.5, 0.6) is 0 Å². The second kappa shape index (κ2) is 5.21. The molecule has 0 aromatic heterocycles. The number of aldehydes is 1. The highest BCUT2D eigenvalue weighted by Crippen LogP contribution is 2.30. The third-order valence-corrected chi connectivity index (χ3v) is 4.50. The fraction of sp³-hybridized carbons (Fsp3) is 0.500. The van der Waals surface area contributed by atoms with E-state index in [1.54, 1.807) is 0 Å². The average molecular weight is 296 g/mol. The van der Waals surface area contributed by atoms with Gasteiger partial charge in [-0.2, -0.15) is 0 Å². The number of anilines is 1. The molecule has 2 atom stereocenters. The van der Waals surface area contributed by atoms with Crippen molar-refractivity contribution in [2.45, 2.75) is 32.7 Å². The zero-order valence-electron chi connectivity index (χ0n) is 10.3. The molecular formula is C14H18BrNO. The summed E-state index contributed by atoms with van der Waals surface area (Å²) in [6, 6.07) is 6.55. The van der Waals surface area contributed by atoms with Crippen molar-refractivity contribution in [2.24, 2.45) is 5.92 Å². The third-order valence-electron chi connectivity index (χ3n) is 3.82. The van der Waals surface area contributed by atoms with Gasteiger partial charge in [-0.15, -0.1) is 0 Å². The highest BCUT2D eigenvalue weighted by molar-refractivity contribution is 9.10. The molecule has 0 amide bonds. The SMILES string of the molecule is CC1CCCN(c2ccc(C=O)c(Br)c2)C1C. The van der Waals surface area contributed by atoms with Gasteiger partial charge in [-0.1, -0.05) is 6.92 Å². The van der Waals surface area contributed by atoms with Crippen LogP contribution in [0.25, 0.3) is 0 Å². The quantitative estimate of drug-likeness (QED) is 0.772. The number of carbonyl (C=O) groups is 1. The Morgan fingerprint density at radius 1 is 1.41 bits per heavy atom. The molecule has 0 spiro atoms. The number of rotatable bonds is 2. The molecule has 1 aliphatic rings. The van der Waals surface area contributed by atoms with Crippen LogP contribution in [-0.2, 0) is 0 Å². The summed E-state index contributed by atoms with van der Waals surface area (Å²) < 4.78 is 0.885. The van der Waals surface area contributed by atoms with E-state index in [2.05, 4.69) is 40.7 Å². The molecule has 92 valence electrons. The van der Waals surface area contributed by atoms with E-state index in [0.717, 1.165) is 23.2 Å². The lowest BCUT2D eigenvalue weighted by Crippen LogP contribution is -2.42. The minimum atomic E-state index is 0.567. The van der Waals surface area contributed by atoms with Crippen molar-refractivity contribution in [3.05, 3.63) is 28.2 Å². The molecule has 1 aromatic rings. The van der Waals surface area contributed by atoms with Crippen LogP contribution in [0.1, 0.15) is 37.0 Å². The molecule has 3 heteroatoms. The molecule has 0 N–H and O–H groups in total. The van der Waals surface area contributed by atoms with Gasteiger partial charge < -0.3 is 4.90 Å². The largest absolute Gasteiger partial charge is 0.369 e. The van der Waals surface area contributed by atoms with Gasteiger partial charge in [-0.3, -0.25) is 4.79 Å². The molecule has 0 bridgehead atoms. The zero-order chi connectivity index (χ0) is 12.4. The van der Waals surface area contributed by atoms with Crippen molar-refractivity contribution in [3.63, 3.8) is 0 Å². The van der Waals surface area contributed by atoms with Crippen LogP contribution < -0.4 is 4.90 Å². The maximum Gasteiger partial charge on any atom is 0.151 e. The fourth-order valence-electron chi connectivity index (χ4n) is 2.49. The van der Waals surface area contributed by atoms with Gasteiger partial charge >= 0.3 is 0 Å². The Bertz CT molecular complexity index is 419. The molecule has 1 heterocycles. The summed E-state index contributed by atoms with van der Waals surface area (Å²) in [6.45, 7) is 5.70. The van der Waals surface area contributed by atoms with E-state index in [0.29, 0.717) is 11.6 Å². The first-order valence-electron chi connectivity index (χ1n) is 6.15. The van der Waals surface area contributed by atoms with Gasteiger partial charge in [0.2, 0.25) is 0 Å². The predicted molar refractivity (Wildman–Crippen MR) is 74.7 cm³/mol. The predicted octanol–water partition coefficient (Wildman–Crippen LogP) is 3.89. The molecular weight excluding hydrogens is 278 g/mol. The van der Waals surface area contributed by atoms with Gasteiger partial charge in [-0.05, 0) is 59.8 Å². The maximum atomic E-state index is 10.8. The third kappa shape index (κ3) is 2.54. The van der Waals surface area contributed by atoms with Crippen molar-refractivity contribution < 1.29 is 4.79 Å². The van der Waals surface area contributed by atoms with Crippen LogP contribution in [0.2, 0.25) is 0 Å². The summed E-state index contributed by atoms with van der Waals surface area (Å²) in [4.78, 5) is 13.2. The standard InChI is InChI=1S/C14H18BrNO/c1-10-4-3-7-16(11(10)2)13-6-5-12(9-17)14(15)8-13/h5-6,8-11H,3-4,7H2,1-2H3. The van der Waals surface area contributed by atoms with Gasteiger partial charge in [-0.25, -0.2) is 0 Å². The highest BCUT2D eigenvalue weighted by Gasteiger charge is 2.24. The number of carbonyl (C=O) groups excluding carboxylic acids is 1. The van der Waals surface area contributed by atoms with Crippen molar-refractivity contribution >= 4 is 27.9 Å². The number of hydrogen-bond acceptors (Lipinski definition) is 2. The first kappa shape index (κ1) is 12.6. The Morgan fingerprint density at radius 3 is 2.82 bits per heavy atom. The van der Waals surface area contributed by atoms with E-state index in [4.69, 9.17) is 0 Å². The number of halogens is 1. The van der Waals surface area contributed by atoms with Crippen molar-refractivity contribution in [1.29, 1.82) is 0 Å². The van der Waals surface area contributed by atoms with E-state index in [1.807, 2.05) is 12.1 Å². The van der Waals surface area contributed by atoms with Crippen LogP contribution in [-0.4, -0.2) is 18.9 Å². The van der Waals surface area contributed by atoms with Crippen LogP contribution in [0.15, 0.2) is 22.7 Å². The molecule has 2 nitrogen and oxygen atoms in total. The fourth-order valence-corrected chi connectivity index (χ4v) is 2.95. The lowest BCUT2D eigenvalue weighted by atomic mass is 9.91. The number of hydrogen-bond donors (Lipinski definition) is 0. The molecule has 0 saturated carbocycles. The Hall–Kier alpha value is -0.830. The van der Waals surface area contributed by atoms with Crippen molar-refractivity contribution in [3.8, 4) is 0 Å². The maximum absolute atomic E-state index is 10.8. The van der Waals surface area contributed by atoms with Crippen molar-refractivity contribution in [2.75, 3.05) is 11.4 Å². The Morgan fingerprint density at radius 2 is 2.18 bits per heavy atom. The van der Waals surface area contributed by atoms with E-state index in [1.165, 1.54) is 18.5 Å². The smallest absolute Gasteiger partial charge is 0.151 e. The molecule has 1 aromatic carbocycles. The zero-order valence-corrected chi connectivity index (χ0v) is 11.9. The lowest BCUT2D eigenvalue weighted by molar-refractivity contribution is 0.112. The average Bonchev–Trinajstić information content (AvgIpc) is 2.32. The molecule has 2 rings (SSSR count). The van der Waals surface area contributed by atoms with Crippen LogP contribution in [0, 0.1) is 5.92 Å². The Labute approximate surface area is 111 Å². The Balaban J connectivity index is 2.27. The van der Waals surface area contributed by atoms with E-state index in [-0.39, 0.29) is 0 Å². The first-order valence-corrected chi connectivity index (χ1v) is 6.94. The molecule has 0 radical (unpaired) electrons. The Kier molecular flexibility index (Phi) is 3.87. The normalized spacial score (nSPS) is 24.8. The van der Waals surface area contributed by atoms with E-state index in [9.17, 15) is 4.79 Å². The monoisotopic (exact) mass is 295 g/mol. The number of piperidine rings is 1. The summed E-state index contributed by atoms with van der Waals surface area (Å²) >= 11 is 3.45. The van der Waals surface area contributed by atoms with E-state index < -0.39 is 0 Å². The summed E-state index contributed by atoms with van der Waals surface area (Å²) in [5.74, 6) is 0.730.